The molecule has 1 amide bonds. The van der Waals surface area contributed by atoms with Gasteiger partial charge in [0.15, 0.2) is 5.76 Å². The number of carbonyl (C=O) groups is 1. The summed E-state index contributed by atoms with van der Waals surface area (Å²) in [4.78, 5) is 14.4. The molecule has 2 rings (SSSR count). The molecule has 90 valence electrons. The Hall–Kier alpha value is -2.19. The molecule has 0 saturated carbocycles. The van der Waals surface area contributed by atoms with Crippen molar-refractivity contribution in [1.82, 2.24) is 14.8 Å². The molecule has 1 aromatic heterocycles. The molecule has 0 fully saturated rings. The summed E-state index contributed by atoms with van der Waals surface area (Å²) in [6.07, 6.45) is 1.27. The minimum Gasteiger partial charge on any atom is -0.507 e. The first-order valence-electron chi connectivity index (χ1n) is 4.69. The molecule has 0 bridgehead atoms. The van der Waals surface area contributed by atoms with Gasteiger partial charge in [-0.05, 0) is 11.6 Å². The number of nitrogens with two attached hydrogens (primary N) is 1. The summed E-state index contributed by atoms with van der Waals surface area (Å²) < 4.78 is 1.10. The SMILES string of the molecule is NC(=O)c1ncn(C2=C(O)C(O)C(CO)=C2)n1. The van der Waals surface area contributed by atoms with Gasteiger partial charge >= 0.3 is 0 Å². The highest BCUT2D eigenvalue weighted by molar-refractivity contribution is 5.88. The maximum absolute atomic E-state index is 10.8. The fourth-order valence-electron chi connectivity index (χ4n) is 1.45. The van der Waals surface area contributed by atoms with Crippen LogP contribution in [0.15, 0.2) is 23.7 Å². The van der Waals surface area contributed by atoms with Crippen molar-refractivity contribution in [2.45, 2.75) is 6.10 Å². The van der Waals surface area contributed by atoms with E-state index >= 15 is 0 Å². The molecule has 1 aliphatic rings. The van der Waals surface area contributed by atoms with Crippen LogP contribution in [0.2, 0.25) is 0 Å². The highest BCUT2D eigenvalue weighted by Gasteiger charge is 2.27. The third-order valence-corrected chi connectivity index (χ3v) is 2.34. The van der Waals surface area contributed by atoms with Gasteiger partial charge in [-0.15, -0.1) is 5.10 Å². The van der Waals surface area contributed by atoms with E-state index in [0.29, 0.717) is 0 Å². The number of aromatic nitrogens is 3. The van der Waals surface area contributed by atoms with Gasteiger partial charge in [0.05, 0.1) is 6.61 Å². The second-order valence-electron chi connectivity index (χ2n) is 3.43. The van der Waals surface area contributed by atoms with Crippen LogP contribution in [-0.2, 0) is 0 Å². The van der Waals surface area contributed by atoms with Crippen molar-refractivity contribution < 1.29 is 20.1 Å². The zero-order valence-electron chi connectivity index (χ0n) is 8.61. The molecule has 8 nitrogen and oxygen atoms in total. The summed E-state index contributed by atoms with van der Waals surface area (Å²) in [5.74, 6) is -1.37. The molecule has 0 saturated heterocycles. The number of nitrogens with zero attached hydrogens (tertiary/aromatic N) is 3. The number of carbonyl (C=O) groups excluding carboxylic acids is 1. The zero-order chi connectivity index (χ0) is 12.6. The van der Waals surface area contributed by atoms with Crippen LogP contribution in [0.25, 0.3) is 5.70 Å². The van der Waals surface area contributed by atoms with Crippen molar-refractivity contribution in [2.24, 2.45) is 5.73 Å². The highest BCUT2D eigenvalue weighted by Crippen LogP contribution is 2.26. The number of hydrogen-bond donors (Lipinski definition) is 4. The quantitative estimate of drug-likeness (QED) is 0.500. The standard InChI is InChI=1S/C9H10N4O4/c10-8(17)9-11-3-13(12-9)5-1-4(2-14)6(15)7(5)16/h1,3,6,14-16H,2H2,(H2,10,17). The molecular formula is C9H10N4O4. The van der Waals surface area contributed by atoms with E-state index in [2.05, 4.69) is 10.1 Å². The Balaban J connectivity index is 2.40. The summed E-state index contributed by atoms with van der Waals surface area (Å²) in [5.41, 5.74) is 5.35. The van der Waals surface area contributed by atoms with Crippen molar-refractivity contribution >= 4 is 11.6 Å². The molecular weight excluding hydrogens is 228 g/mol. The van der Waals surface area contributed by atoms with E-state index in [1.54, 1.807) is 0 Å². The average molecular weight is 238 g/mol. The highest BCUT2D eigenvalue weighted by atomic mass is 16.3. The number of hydrogen-bond acceptors (Lipinski definition) is 6. The van der Waals surface area contributed by atoms with Crippen molar-refractivity contribution in [3.8, 4) is 0 Å². The van der Waals surface area contributed by atoms with E-state index in [0.717, 1.165) is 4.68 Å². The van der Waals surface area contributed by atoms with Crippen LogP contribution in [0.4, 0.5) is 0 Å². The van der Waals surface area contributed by atoms with Gasteiger partial charge in [-0.1, -0.05) is 0 Å². The Morgan fingerprint density at radius 2 is 2.29 bits per heavy atom. The van der Waals surface area contributed by atoms with Crippen LogP contribution in [-0.4, -0.2) is 48.7 Å². The van der Waals surface area contributed by atoms with E-state index < -0.39 is 18.6 Å². The Morgan fingerprint density at radius 1 is 1.59 bits per heavy atom. The minimum absolute atomic E-state index is 0.140. The summed E-state index contributed by atoms with van der Waals surface area (Å²) in [7, 11) is 0. The molecule has 1 aliphatic carbocycles. The lowest BCUT2D eigenvalue weighted by molar-refractivity contribution is 0.0990. The van der Waals surface area contributed by atoms with Gasteiger partial charge in [0.2, 0.25) is 5.82 Å². The number of amides is 1. The van der Waals surface area contributed by atoms with Gasteiger partial charge in [-0.25, -0.2) is 9.67 Å². The zero-order valence-corrected chi connectivity index (χ0v) is 8.61. The average Bonchev–Trinajstić information content (AvgIpc) is 2.87. The molecule has 0 aromatic carbocycles. The van der Waals surface area contributed by atoms with Crippen molar-refractivity contribution in [1.29, 1.82) is 0 Å². The Kier molecular flexibility index (Phi) is 2.66. The van der Waals surface area contributed by atoms with E-state index in [4.69, 9.17) is 10.8 Å². The van der Waals surface area contributed by atoms with Crippen LogP contribution in [0.5, 0.6) is 0 Å². The number of aliphatic hydroxyl groups is 3. The molecule has 1 atom stereocenters. The van der Waals surface area contributed by atoms with E-state index in [9.17, 15) is 15.0 Å². The molecule has 0 aliphatic heterocycles. The first-order chi connectivity index (χ1) is 8.04. The van der Waals surface area contributed by atoms with Crippen molar-refractivity contribution in [2.75, 3.05) is 6.61 Å². The molecule has 1 heterocycles. The fourth-order valence-corrected chi connectivity index (χ4v) is 1.45. The molecule has 0 radical (unpaired) electrons. The minimum atomic E-state index is -1.27. The lowest BCUT2D eigenvalue weighted by Crippen LogP contribution is -2.14. The van der Waals surface area contributed by atoms with Gasteiger partial charge in [-0.2, -0.15) is 0 Å². The van der Waals surface area contributed by atoms with Crippen molar-refractivity contribution in [3.63, 3.8) is 0 Å². The molecule has 17 heavy (non-hydrogen) atoms. The van der Waals surface area contributed by atoms with Gasteiger partial charge in [0.25, 0.3) is 5.91 Å². The topological polar surface area (TPSA) is 134 Å². The predicted molar refractivity (Wildman–Crippen MR) is 55.6 cm³/mol. The number of aliphatic hydroxyl groups excluding tert-OH is 3. The first kappa shape index (κ1) is 11.3. The molecule has 1 unspecified atom stereocenters. The van der Waals surface area contributed by atoms with E-state index in [1.165, 1.54) is 12.4 Å². The molecule has 0 spiro atoms. The number of allylic oxidation sites excluding steroid dienone is 2. The predicted octanol–water partition coefficient (Wildman–Crippen LogP) is -1.60. The monoisotopic (exact) mass is 238 g/mol. The second-order valence-corrected chi connectivity index (χ2v) is 3.43. The Bertz CT molecular complexity index is 531. The summed E-state index contributed by atoms with van der Waals surface area (Å²) >= 11 is 0. The lowest BCUT2D eigenvalue weighted by atomic mass is 10.2. The van der Waals surface area contributed by atoms with Gasteiger partial charge in [-0.3, -0.25) is 4.79 Å². The number of rotatable bonds is 3. The van der Waals surface area contributed by atoms with Gasteiger partial charge in [0, 0.05) is 0 Å². The summed E-state index contributed by atoms with van der Waals surface area (Å²) in [5, 5.41) is 31.8. The molecule has 8 heteroatoms. The molecule has 5 N–H and O–H groups in total. The Labute approximate surface area is 95.3 Å². The largest absolute Gasteiger partial charge is 0.507 e. The third-order valence-electron chi connectivity index (χ3n) is 2.34. The van der Waals surface area contributed by atoms with Crippen LogP contribution < -0.4 is 5.73 Å². The smallest absolute Gasteiger partial charge is 0.288 e. The number of primary amides is 1. The van der Waals surface area contributed by atoms with Gasteiger partial charge < -0.3 is 21.1 Å². The van der Waals surface area contributed by atoms with E-state index in [1.807, 2.05) is 0 Å². The van der Waals surface area contributed by atoms with Crippen LogP contribution in [0.1, 0.15) is 10.6 Å². The Morgan fingerprint density at radius 3 is 2.76 bits per heavy atom. The van der Waals surface area contributed by atoms with Gasteiger partial charge in [0.1, 0.15) is 18.1 Å². The second kappa shape index (κ2) is 4.00. The van der Waals surface area contributed by atoms with E-state index in [-0.39, 0.29) is 22.9 Å². The summed E-state index contributed by atoms with van der Waals surface area (Å²) in [6, 6.07) is 0. The van der Waals surface area contributed by atoms with Crippen LogP contribution in [0.3, 0.4) is 0 Å². The molecule has 1 aromatic rings. The third kappa shape index (κ3) is 1.79. The fraction of sp³-hybridized carbons (Fsp3) is 0.222. The maximum atomic E-state index is 10.8. The maximum Gasteiger partial charge on any atom is 0.288 e. The van der Waals surface area contributed by atoms with Crippen molar-refractivity contribution in [3.05, 3.63) is 29.6 Å². The first-order valence-corrected chi connectivity index (χ1v) is 4.69. The lowest BCUT2D eigenvalue weighted by Gasteiger charge is -2.05. The van der Waals surface area contributed by atoms with Crippen LogP contribution >= 0.6 is 0 Å². The normalized spacial score (nSPS) is 19.6. The summed E-state index contributed by atoms with van der Waals surface area (Å²) in [6.45, 7) is -0.397. The van der Waals surface area contributed by atoms with Crippen LogP contribution in [0, 0.1) is 0 Å².